The van der Waals surface area contributed by atoms with Crippen LogP contribution in [0.5, 0.6) is 0 Å². The normalized spacial score (nSPS) is 10.4. The van der Waals surface area contributed by atoms with Crippen LogP contribution in [-0.2, 0) is 13.0 Å². The van der Waals surface area contributed by atoms with Crippen LogP contribution in [0.2, 0.25) is 0 Å². The average molecular weight is 258 g/mol. The van der Waals surface area contributed by atoms with Crippen molar-refractivity contribution in [1.82, 2.24) is 0 Å². The van der Waals surface area contributed by atoms with Gasteiger partial charge in [0.2, 0.25) is 0 Å². The van der Waals surface area contributed by atoms with Crippen molar-refractivity contribution in [3.63, 3.8) is 0 Å². The number of halogens is 1. The molecule has 0 amide bonds. The first-order valence-electron chi connectivity index (χ1n) is 6.56. The van der Waals surface area contributed by atoms with Crippen molar-refractivity contribution in [3.8, 4) is 0 Å². The van der Waals surface area contributed by atoms with Gasteiger partial charge >= 0.3 is 0 Å². The van der Waals surface area contributed by atoms with E-state index in [1.54, 1.807) is 12.1 Å². The first kappa shape index (κ1) is 13.4. The van der Waals surface area contributed by atoms with Gasteiger partial charge in [-0.25, -0.2) is 4.39 Å². The maximum atomic E-state index is 13.3. The van der Waals surface area contributed by atoms with Gasteiger partial charge in [-0.05, 0) is 29.7 Å². The van der Waals surface area contributed by atoms with Crippen molar-refractivity contribution in [3.05, 3.63) is 59.4 Å². The van der Waals surface area contributed by atoms with E-state index in [9.17, 15) is 4.39 Å². The van der Waals surface area contributed by atoms with Crippen LogP contribution >= 0.6 is 0 Å². The van der Waals surface area contributed by atoms with Gasteiger partial charge in [-0.2, -0.15) is 0 Å². The maximum Gasteiger partial charge on any atom is 0.148 e. The highest BCUT2D eigenvalue weighted by Crippen LogP contribution is 2.21. The number of benzene rings is 2. The van der Waals surface area contributed by atoms with Gasteiger partial charge in [0, 0.05) is 6.54 Å². The van der Waals surface area contributed by atoms with E-state index in [1.807, 2.05) is 0 Å². The zero-order valence-electron chi connectivity index (χ0n) is 11.1. The predicted molar refractivity (Wildman–Crippen MR) is 78.6 cm³/mol. The lowest BCUT2D eigenvalue weighted by molar-refractivity contribution is 0.633. The Bertz CT molecular complexity index is 535. The first-order chi connectivity index (χ1) is 9.20. The van der Waals surface area contributed by atoms with E-state index in [0.717, 1.165) is 18.4 Å². The quantitative estimate of drug-likeness (QED) is 0.796. The topological polar surface area (TPSA) is 38.0 Å². The lowest BCUT2D eigenvalue weighted by atomic mass is 10.1. The fraction of sp³-hybridized carbons (Fsp3) is 0.250. The second-order valence-electron chi connectivity index (χ2n) is 4.62. The molecule has 0 radical (unpaired) electrons. The van der Waals surface area contributed by atoms with Crippen LogP contribution in [0.3, 0.4) is 0 Å². The molecule has 2 rings (SSSR count). The van der Waals surface area contributed by atoms with Gasteiger partial charge in [-0.1, -0.05) is 43.7 Å². The summed E-state index contributed by atoms with van der Waals surface area (Å²) in [4.78, 5) is 0. The second-order valence-corrected chi connectivity index (χ2v) is 4.62. The number of rotatable bonds is 5. The first-order valence-corrected chi connectivity index (χ1v) is 6.56. The van der Waals surface area contributed by atoms with E-state index in [0.29, 0.717) is 12.2 Å². The molecule has 0 bridgehead atoms. The fourth-order valence-corrected chi connectivity index (χ4v) is 2.00. The Morgan fingerprint density at radius 1 is 1.05 bits per heavy atom. The molecule has 3 heteroatoms. The monoisotopic (exact) mass is 258 g/mol. The summed E-state index contributed by atoms with van der Waals surface area (Å²) in [5.74, 6) is -0.386. The zero-order chi connectivity index (χ0) is 13.7. The molecule has 0 aliphatic heterocycles. The Hall–Kier alpha value is -2.03. The molecule has 0 atom stereocenters. The van der Waals surface area contributed by atoms with Crippen LogP contribution in [0.25, 0.3) is 0 Å². The lowest BCUT2D eigenvalue weighted by Gasteiger charge is -2.10. The Kier molecular flexibility index (Phi) is 4.39. The number of para-hydroxylation sites is 1. The third-order valence-corrected chi connectivity index (χ3v) is 3.10. The fourth-order valence-electron chi connectivity index (χ4n) is 2.00. The van der Waals surface area contributed by atoms with Crippen molar-refractivity contribution < 1.29 is 4.39 Å². The molecule has 3 N–H and O–H groups in total. The largest absolute Gasteiger partial charge is 0.395 e. The van der Waals surface area contributed by atoms with Gasteiger partial charge < -0.3 is 11.1 Å². The Labute approximate surface area is 113 Å². The highest BCUT2D eigenvalue weighted by Gasteiger charge is 2.03. The molecular weight excluding hydrogens is 239 g/mol. The summed E-state index contributed by atoms with van der Waals surface area (Å²) in [7, 11) is 0. The summed E-state index contributed by atoms with van der Waals surface area (Å²) in [6.45, 7) is 2.81. The highest BCUT2D eigenvalue weighted by atomic mass is 19.1. The van der Waals surface area contributed by atoms with Crippen molar-refractivity contribution in [2.75, 3.05) is 11.1 Å². The zero-order valence-corrected chi connectivity index (χ0v) is 11.1. The number of hydrogen-bond acceptors (Lipinski definition) is 2. The van der Waals surface area contributed by atoms with E-state index >= 15 is 0 Å². The highest BCUT2D eigenvalue weighted by molar-refractivity contribution is 5.66. The second kappa shape index (κ2) is 6.23. The number of nitrogens with two attached hydrogens (primary N) is 1. The molecule has 0 saturated heterocycles. The number of nitrogens with one attached hydrogen (secondary N) is 1. The standard InChI is InChI=1S/C16H19FN2/c1-2-4-12-7-9-13(10-8-12)11-19-15-6-3-5-14(17)16(15)18/h3,5-10,19H,2,4,11,18H2,1H3. The number of aryl methyl sites for hydroxylation is 1. The van der Waals surface area contributed by atoms with Crippen LogP contribution in [0.15, 0.2) is 42.5 Å². The number of anilines is 2. The summed E-state index contributed by atoms with van der Waals surface area (Å²) in [6.07, 6.45) is 2.25. The Morgan fingerprint density at radius 3 is 2.42 bits per heavy atom. The average Bonchev–Trinajstić information content (AvgIpc) is 2.42. The minimum absolute atomic E-state index is 0.171. The minimum atomic E-state index is -0.386. The van der Waals surface area contributed by atoms with Crippen LogP contribution in [-0.4, -0.2) is 0 Å². The lowest BCUT2D eigenvalue weighted by Crippen LogP contribution is -2.03. The molecule has 0 aliphatic rings. The van der Waals surface area contributed by atoms with Crippen LogP contribution in [0.4, 0.5) is 15.8 Å². The van der Waals surface area contributed by atoms with E-state index in [-0.39, 0.29) is 11.5 Å². The van der Waals surface area contributed by atoms with Crippen LogP contribution in [0, 0.1) is 5.82 Å². The minimum Gasteiger partial charge on any atom is -0.395 e. The summed E-state index contributed by atoms with van der Waals surface area (Å²) >= 11 is 0. The third kappa shape index (κ3) is 3.47. The smallest absolute Gasteiger partial charge is 0.148 e. The molecule has 0 unspecified atom stereocenters. The molecule has 2 aromatic carbocycles. The van der Waals surface area contributed by atoms with Gasteiger partial charge in [0.1, 0.15) is 5.82 Å². The van der Waals surface area contributed by atoms with Crippen molar-refractivity contribution in [2.24, 2.45) is 0 Å². The molecule has 2 aromatic rings. The molecule has 0 saturated carbocycles. The van der Waals surface area contributed by atoms with Crippen molar-refractivity contribution in [1.29, 1.82) is 0 Å². The van der Waals surface area contributed by atoms with Gasteiger partial charge in [-0.15, -0.1) is 0 Å². The summed E-state index contributed by atoms with van der Waals surface area (Å²) in [5, 5.41) is 3.16. The van der Waals surface area contributed by atoms with Gasteiger partial charge in [0.15, 0.2) is 0 Å². The van der Waals surface area contributed by atoms with E-state index in [4.69, 9.17) is 5.73 Å². The van der Waals surface area contributed by atoms with Crippen molar-refractivity contribution in [2.45, 2.75) is 26.3 Å². The van der Waals surface area contributed by atoms with Gasteiger partial charge in [0.25, 0.3) is 0 Å². The maximum absolute atomic E-state index is 13.3. The number of nitrogen functional groups attached to an aromatic ring is 1. The SMILES string of the molecule is CCCc1ccc(CNc2cccc(F)c2N)cc1. The van der Waals surface area contributed by atoms with Crippen LogP contribution in [0.1, 0.15) is 24.5 Å². The van der Waals surface area contributed by atoms with Gasteiger partial charge in [0.05, 0.1) is 11.4 Å². The predicted octanol–water partition coefficient (Wildman–Crippen LogP) is 3.97. The van der Waals surface area contributed by atoms with Gasteiger partial charge in [-0.3, -0.25) is 0 Å². The molecule has 100 valence electrons. The summed E-state index contributed by atoms with van der Waals surface area (Å²) in [6, 6.07) is 13.2. The molecular formula is C16H19FN2. The molecule has 0 fully saturated rings. The summed E-state index contributed by atoms with van der Waals surface area (Å²) < 4.78 is 13.3. The third-order valence-electron chi connectivity index (χ3n) is 3.10. The Balaban J connectivity index is 2.00. The van der Waals surface area contributed by atoms with E-state index in [2.05, 4.69) is 36.5 Å². The van der Waals surface area contributed by atoms with Crippen LogP contribution < -0.4 is 11.1 Å². The molecule has 2 nitrogen and oxygen atoms in total. The molecule has 0 spiro atoms. The van der Waals surface area contributed by atoms with E-state index < -0.39 is 0 Å². The molecule has 19 heavy (non-hydrogen) atoms. The molecule has 0 aromatic heterocycles. The number of hydrogen-bond donors (Lipinski definition) is 2. The molecule has 0 aliphatic carbocycles. The van der Waals surface area contributed by atoms with Crippen molar-refractivity contribution >= 4 is 11.4 Å². The summed E-state index contributed by atoms with van der Waals surface area (Å²) in [5.41, 5.74) is 8.98. The molecule has 0 heterocycles. The Morgan fingerprint density at radius 2 is 1.74 bits per heavy atom. The van der Waals surface area contributed by atoms with E-state index in [1.165, 1.54) is 11.6 Å².